The van der Waals surface area contributed by atoms with Crippen LogP contribution in [0.3, 0.4) is 0 Å². The summed E-state index contributed by atoms with van der Waals surface area (Å²) < 4.78 is 5.24. The maximum atomic E-state index is 11.4. The summed E-state index contributed by atoms with van der Waals surface area (Å²) in [6.45, 7) is 6.91. The number of primary amides is 1. The molecule has 1 amide bonds. The monoisotopic (exact) mass is 340 g/mol. The van der Waals surface area contributed by atoms with Gasteiger partial charge in [0.1, 0.15) is 11.6 Å². The predicted molar refractivity (Wildman–Crippen MR) is 99.4 cm³/mol. The molecule has 0 spiro atoms. The summed E-state index contributed by atoms with van der Waals surface area (Å²) in [6, 6.07) is 11.5. The van der Waals surface area contributed by atoms with Gasteiger partial charge >= 0.3 is 0 Å². The molecular weight excluding hydrogens is 316 g/mol. The third kappa shape index (κ3) is 3.52. The Hall–Kier alpha value is -2.76. The van der Waals surface area contributed by atoms with Gasteiger partial charge in [-0.05, 0) is 50.2 Å². The number of nitrogens with two attached hydrogens (primary N) is 1. The Labute approximate surface area is 148 Å². The summed E-state index contributed by atoms with van der Waals surface area (Å²) >= 11 is 0. The van der Waals surface area contributed by atoms with E-state index in [4.69, 9.17) is 10.5 Å². The second-order valence-electron chi connectivity index (χ2n) is 6.85. The fourth-order valence-corrected chi connectivity index (χ4v) is 3.34. The van der Waals surface area contributed by atoms with Crippen molar-refractivity contribution in [3.8, 4) is 5.75 Å². The van der Waals surface area contributed by atoms with Crippen molar-refractivity contribution >= 4 is 17.4 Å². The van der Waals surface area contributed by atoms with Crippen LogP contribution < -0.4 is 20.3 Å². The maximum Gasteiger partial charge on any atom is 0.248 e. The van der Waals surface area contributed by atoms with Crippen molar-refractivity contribution in [2.45, 2.75) is 19.4 Å². The van der Waals surface area contributed by atoms with Crippen molar-refractivity contribution in [3.05, 3.63) is 48.2 Å². The summed E-state index contributed by atoms with van der Waals surface area (Å²) in [7, 11) is 1.67. The third-order valence-electron chi connectivity index (χ3n) is 4.64. The molecule has 132 valence electrons. The van der Waals surface area contributed by atoms with E-state index in [0.29, 0.717) is 5.56 Å². The second-order valence-corrected chi connectivity index (χ2v) is 6.85. The average molecular weight is 340 g/mol. The number of aromatic nitrogens is 1. The van der Waals surface area contributed by atoms with Gasteiger partial charge in [0.2, 0.25) is 5.91 Å². The first kappa shape index (κ1) is 17.1. The molecule has 3 rings (SSSR count). The number of amides is 1. The van der Waals surface area contributed by atoms with Crippen LogP contribution >= 0.6 is 0 Å². The fourth-order valence-electron chi connectivity index (χ4n) is 3.34. The molecule has 1 saturated heterocycles. The maximum absolute atomic E-state index is 11.4. The number of carbonyl (C=O) groups is 1. The number of methoxy groups -OCH3 is 1. The van der Waals surface area contributed by atoms with Crippen LogP contribution in [0.2, 0.25) is 0 Å². The first-order chi connectivity index (χ1) is 11.9. The topological polar surface area (TPSA) is 71.7 Å². The Balaban J connectivity index is 1.80. The van der Waals surface area contributed by atoms with Crippen LogP contribution in [0.4, 0.5) is 11.5 Å². The van der Waals surface area contributed by atoms with Crippen LogP contribution in [0.25, 0.3) is 0 Å². The van der Waals surface area contributed by atoms with Crippen LogP contribution in [-0.2, 0) is 0 Å². The quantitative estimate of drug-likeness (QED) is 0.925. The van der Waals surface area contributed by atoms with Crippen LogP contribution in [0.15, 0.2) is 42.6 Å². The Morgan fingerprint density at radius 3 is 2.52 bits per heavy atom. The molecule has 1 aromatic heterocycles. The number of ether oxygens (including phenoxy) is 1. The normalized spacial score (nSPS) is 16.6. The Kier molecular flexibility index (Phi) is 4.53. The Morgan fingerprint density at radius 1 is 1.20 bits per heavy atom. The molecule has 0 atom stereocenters. The number of rotatable bonds is 4. The van der Waals surface area contributed by atoms with Gasteiger partial charge in [-0.1, -0.05) is 0 Å². The van der Waals surface area contributed by atoms with Gasteiger partial charge in [-0.25, -0.2) is 4.98 Å². The molecule has 6 nitrogen and oxygen atoms in total. The van der Waals surface area contributed by atoms with Crippen LogP contribution in [0, 0.1) is 0 Å². The predicted octanol–water partition coefficient (Wildman–Crippen LogP) is 2.29. The summed E-state index contributed by atoms with van der Waals surface area (Å²) in [4.78, 5) is 20.4. The summed E-state index contributed by atoms with van der Waals surface area (Å²) in [6.07, 6.45) is 1.64. The van der Waals surface area contributed by atoms with E-state index in [1.165, 1.54) is 5.69 Å². The molecule has 0 bridgehead atoms. The van der Waals surface area contributed by atoms with E-state index in [9.17, 15) is 4.79 Å². The summed E-state index contributed by atoms with van der Waals surface area (Å²) in [5.41, 5.74) is 6.95. The lowest BCUT2D eigenvalue weighted by atomic mass is 9.97. The van der Waals surface area contributed by atoms with E-state index in [2.05, 4.69) is 40.8 Å². The second kappa shape index (κ2) is 6.63. The van der Waals surface area contributed by atoms with Gasteiger partial charge in [-0.2, -0.15) is 0 Å². The van der Waals surface area contributed by atoms with Gasteiger partial charge in [-0.15, -0.1) is 0 Å². The number of hydrogen-bond donors (Lipinski definition) is 1. The van der Waals surface area contributed by atoms with E-state index in [1.807, 2.05) is 12.1 Å². The van der Waals surface area contributed by atoms with Gasteiger partial charge in [0.05, 0.1) is 12.6 Å². The molecule has 0 radical (unpaired) electrons. The van der Waals surface area contributed by atoms with Crippen molar-refractivity contribution in [1.29, 1.82) is 0 Å². The molecule has 1 aliphatic rings. The minimum absolute atomic E-state index is 0.0861. The fraction of sp³-hybridized carbons (Fsp3) is 0.368. The van der Waals surface area contributed by atoms with Gasteiger partial charge < -0.3 is 20.3 Å². The molecule has 0 saturated carbocycles. The van der Waals surface area contributed by atoms with E-state index < -0.39 is 5.91 Å². The highest BCUT2D eigenvalue weighted by atomic mass is 16.5. The van der Waals surface area contributed by atoms with Crippen molar-refractivity contribution < 1.29 is 9.53 Å². The van der Waals surface area contributed by atoms with Crippen LogP contribution in [0.1, 0.15) is 24.2 Å². The lowest BCUT2D eigenvalue weighted by Gasteiger charge is -2.49. The number of nitrogens with zero attached hydrogens (tertiary/aromatic N) is 3. The van der Waals surface area contributed by atoms with E-state index in [-0.39, 0.29) is 5.54 Å². The first-order valence-corrected chi connectivity index (χ1v) is 8.33. The van der Waals surface area contributed by atoms with E-state index in [0.717, 1.165) is 31.2 Å². The Morgan fingerprint density at radius 2 is 1.92 bits per heavy atom. The first-order valence-electron chi connectivity index (χ1n) is 8.33. The molecule has 2 heterocycles. The summed E-state index contributed by atoms with van der Waals surface area (Å²) in [5, 5.41) is 0. The number of benzene rings is 1. The molecule has 2 N–H and O–H groups in total. The molecule has 0 unspecified atom stereocenters. The number of hydrogen-bond acceptors (Lipinski definition) is 5. The molecular formula is C19H24N4O2. The zero-order valence-electron chi connectivity index (χ0n) is 14.9. The van der Waals surface area contributed by atoms with Crippen molar-refractivity contribution in [1.82, 2.24) is 4.98 Å². The molecule has 6 heteroatoms. The lowest BCUT2D eigenvalue weighted by Crippen LogP contribution is -2.60. The molecule has 25 heavy (non-hydrogen) atoms. The van der Waals surface area contributed by atoms with Gasteiger partial charge in [0.25, 0.3) is 0 Å². The van der Waals surface area contributed by atoms with E-state index in [1.54, 1.807) is 25.4 Å². The third-order valence-corrected chi connectivity index (χ3v) is 4.64. The number of anilines is 2. The van der Waals surface area contributed by atoms with Crippen LogP contribution in [0.5, 0.6) is 5.75 Å². The van der Waals surface area contributed by atoms with Gasteiger partial charge in [0.15, 0.2) is 0 Å². The zero-order valence-corrected chi connectivity index (χ0v) is 14.9. The molecule has 1 aromatic carbocycles. The number of piperazine rings is 1. The highest BCUT2D eigenvalue weighted by molar-refractivity contribution is 5.93. The highest BCUT2D eigenvalue weighted by Gasteiger charge is 2.34. The molecule has 1 fully saturated rings. The molecule has 2 aromatic rings. The standard InChI is InChI=1S/C19H24N4O2/c1-19(2)13-22(17-12-14(18(20)24)8-9-21-17)10-11-23(19)15-4-6-16(25-3)7-5-15/h4-9,12H,10-11,13H2,1-3H3,(H2,20,24). The highest BCUT2D eigenvalue weighted by Crippen LogP contribution is 2.31. The van der Waals surface area contributed by atoms with Crippen LogP contribution in [-0.4, -0.2) is 43.2 Å². The van der Waals surface area contributed by atoms with Crippen molar-refractivity contribution in [2.24, 2.45) is 5.73 Å². The molecule has 0 aliphatic carbocycles. The molecule has 1 aliphatic heterocycles. The minimum atomic E-state index is -0.431. The number of carbonyl (C=O) groups excluding carboxylic acids is 1. The number of pyridine rings is 1. The summed E-state index contributed by atoms with van der Waals surface area (Å²) in [5.74, 6) is 1.21. The lowest BCUT2D eigenvalue weighted by molar-refractivity contribution is 0.1000. The Bertz CT molecular complexity index is 758. The zero-order chi connectivity index (χ0) is 18.0. The van der Waals surface area contributed by atoms with Gasteiger partial charge in [-0.3, -0.25) is 4.79 Å². The van der Waals surface area contributed by atoms with Crippen molar-refractivity contribution in [3.63, 3.8) is 0 Å². The average Bonchev–Trinajstić information content (AvgIpc) is 2.61. The largest absolute Gasteiger partial charge is 0.497 e. The van der Waals surface area contributed by atoms with Gasteiger partial charge in [0, 0.05) is 37.1 Å². The van der Waals surface area contributed by atoms with Crippen molar-refractivity contribution in [2.75, 3.05) is 36.5 Å². The minimum Gasteiger partial charge on any atom is -0.497 e. The SMILES string of the molecule is COc1ccc(N2CCN(c3cc(C(N)=O)ccn3)CC2(C)C)cc1. The smallest absolute Gasteiger partial charge is 0.248 e. The van der Waals surface area contributed by atoms with E-state index >= 15 is 0 Å².